The van der Waals surface area contributed by atoms with E-state index in [1.54, 1.807) is 19.1 Å². The van der Waals surface area contributed by atoms with E-state index in [2.05, 4.69) is 23.9 Å². The highest BCUT2D eigenvalue weighted by Gasteiger charge is 2.15. The number of aryl methyl sites for hydroxylation is 1. The Morgan fingerprint density at radius 2 is 1.95 bits per heavy atom. The van der Waals surface area contributed by atoms with Gasteiger partial charge in [-0.25, -0.2) is 13.1 Å². The van der Waals surface area contributed by atoms with E-state index in [-0.39, 0.29) is 10.8 Å². The molecular formula is C14H22N2O3S. The number of carbonyl (C=O) groups excluding carboxylic acids is 1. The van der Waals surface area contributed by atoms with Crippen molar-refractivity contribution in [1.82, 2.24) is 4.72 Å². The van der Waals surface area contributed by atoms with Gasteiger partial charge in [-0.3, -0.25) is 4.79 Å². The van der Waals surface area contributed by atoms with Gasteiger partial charge in [0.1, 0.15) is 0 Å². The Balaban J connectivity index is 2.89. The molecule has 112 valence electrons. The minimum Gasteiger partial charge on any atom is -0.326 e. The van der Waals surface area contributed by atoms with Crippen molar-refractivity contribution in [2.75, 3.05) is 12.4 Å². The smallest absolute Gasteiger partial charge is 0.240 e. The monoisotopic (exact) mass is 298 g/mol. The molecule has 1 amide bonds. The summed E-state index contributed by atoms with van der Waals surface area (Å²) in [6, 6.07) is 4.87. The van der Waals surface area contributed by atoms with Crippen molar-refractivity contribution < 1.29 is 13.2 Å². The zero-order valence-electron chi connectivity index (χ0n) is 12.4. The molecular weight excluding hydrogens is 276 g/mol. The molecule has 0 saturated carbocycles. The predicted molar refractivity (Wildman–Crippen MR) is 80.1 cm³/mol. The Morgan fingerprint density at radius 1 is 1.30 bits per heavy atom. The number of anilines is 1. The Hall–Kier alpha value is -1.40. The SMILES string of the molecule is CNS(=O)(=O)c1cc(NC(=O)CCC(C)C)ccc1C. The van der Waals surface area contributed by atoms with Crippen molar-refractivity contribution in [3.63, 3.8) is 0 Å². The van der Waals surface area contributed by atoms with Crippen molar-refractivity contribution in [3.05, 3.63) is 23.8 Å². The summed E-state index contributed by atoms with van der Waals surface area (Å²) in [4.78, 5) is 11.9. The minimum atomic E-state index is -3.51. The topological polar surface area (TPSA) is 75.3 Å². The van der Waals surface area contributed by atoms with Gasteiger partial charge < -0.3 is 5.32 Å². The first-order chi connectivity index (χ1) is 9.26. The number of sulfonamides is 1. The molecule has 0 atom stereocenters. The summed E-state index contributed by atoms with van der Waals surface area (Å²) in [5, 5.41) is 2.73. The highest BCUT2D eigenvalue weighted by atomic mass is 32.2. The van der Waals surface area contributed by atoms with E-state index >= 15 is 0 Å². The number of amides is 1. The summed E-state index contributed by atoms with van der Waals surface area (Å²) in [6.07, 6.45) is 1.24. The van der Waals surface area contributed by atoms with Crippen LogP contribution in [0.5, 0.6) is 0 Å². The van der Waals surface area contributed by atoms with E-state index in [1.165, 1.54) is 13.1 Å². The van der Waals surface area contributed by atoms with Crippen LogP contribution in [0.25, 0.3) is 0 Å². The van der Waals surface area contributed by atoms with Gasteiger partial charge in [0.2, 0.25) is 15.9 Å². The zero-order valence-corrected chi connectivity index (χ0v) is 13.2. The first kappa shape index (κ1) is 16.7. The molecule has 2 N–H and O–H groups in total. The Morgan fingerprint density at radius 3 is 2.50 bits per heavy atom. The third-order valence-electron chi connectivity index (χ3n) is 2.98. The first-order valence-corrected chi connectivity index (χ1v) is 8.08. The summed E-state index contributed by atoms with van der Waals surface area (Å²) in [6.45, 7) is 5.82. The molecule has 5 nitrogen and oxygen atoms in total. The first-order valence-electron chi connectivity index (χ1n) is 6.60. The van der Waals surface area contributed by atoms with Gasteiger partial charge in [-0.2, -0.15) is 0 Å². The van der Waals surface area contributed by atoms with Gasteiger partial charge in [-0.05, 0) is 44.0 Å². The number of rotatable bonds is 6. The number of hydrogen-bond acceptors (Lipinski definition) is 3. The highest BCUT2D eigenvalue weighted by molar-refractivity contribution is 7.89. The van der Waals surface area contributed by atoms with Crippen molar-refractivity contribution >= 4 is 21.6 Å². The average molecular weight is 298 g/mol. The Bertz CT molecular complexity index is 580. The summed E-state index contributed by atoms with van der Waals surface area (Å²) >= 11 is 0. The molecule has 0 aliphatic rings. The molecule has 0 spiro atoms. The summed E-state index contributed by atoms with van der Waals surface area (Å²) in [7, 11) is -2.15. The molecule has 1 rings (SSSR count). The molecule has 0 aliphatic heterocycles. The normalized spacial score (nSPS) is 11.7. The maximum absolute atomic E-state index is 11.9. The molecule has 0 fully saturated rings. The summed E-state index contributed by atoms with van der Waals surface area (Å²) < 4.78 is 26.0. The third kappa shape index (κ3) is 4.61. The van der Waals surface area contributed by atoms with Gasteiger partial charge in [0, 0.05) is 12.1 Å². The fourth-order valence-corrected chi connectivity index (χ4v) is 2.71. The summed E-state index contributed by atoms with van der Waals surface area (Å²) in [5.41, 5.74) is 1.14. The molecule has 0 saturated heterocycles. The van der Waals surface area contributed by atoms with Gasteiger partial charge in [-0.1, -0.05) is 19.9 Å². The second-order valence-corrected chi connectivity index (χ2v) is 7.02. The molecule has 0 radical (unpaired) electrons. The number of benzene rings is 1. The third-order valence-corrected chi connectivity index (χ3v) is 4.54. The van der Waals surface area contributed by atoms with Gasteiger partial charge >= 0.3 is 0 Å². The molecule has 1 aromatic rings. The molecule has 20 heavy (non-hydrogen) atoms. The lowest BCUT2D eigenvalue weighted by Gasteiger charge is -2.11. The molecule has 0 heterocycles. The lowest BCUT2D eigenvalue weighted by molar-refractivity contribution is -0.116. The maximum Gasteiger partial charge on any atom is 0.240 e. The van der Waals surface area contributed by atoms with Crippen molar-refractivity contribution in [2.24, 2.45) is 5.92 Å². The molecule has 0 unspecified atom stereocenters. The predicted octanol–water partition coefficient (Wildman–Crippen LogP) is 2.28. The lowest BCUT2D eigenvalue weighted by atomic mass is 10.1. The zero-order chi connectivity index (χ0) is 15.3. The van der Waals surface area contributed by atoms with Crippen LogP contribution in [0.2, 0.25) is 0 Å². The van der Waals surface area contributed by atoms with Crippen LogP contribution in [-0.4, -0.2) is 21.4 Å². The summed E-state index contributed by atoms with van der Waals surface area (Å²) in [5.74, 6) is 0.356. The quantitative estimate of drug-likeness (QED) is 0.846. The number of nitrogens with one attached hydrogen (secondary N) is 2. The van der Waals surface area contributed by atoms with Crippen LogP contribution < -0.4 is 10.0 Å². The second-order valence-electron chi connectivity index (χ2n) is 5.17. The van der Waals surface area contributed by atoms with Crippen molar-refractivity contribution in [3.8, 4) is 0 Å². The van der Waals surface area contributed by atoms with Crippen LogP contribution in [0.4, 0.5) is 5.69 Å². The highest BCUT2D eigenvalue weighted by Crippen LogP contribution is 2.20. The van der Waals surface area contributed by atoms with E-state index in [9.17, 15) is 13.2 Å². The number of hydrogen-bond donors (Lipinski definition) is 2. The van der Waals surface area contributed by atoms with E-state index < -0.39 is 10.0 Å². The van der Waals surface area contributed by atoms with Crippen LogP contribution in [0.3, 0.4) is 0 Å². The maximum atomic E-state index is 11.9. The van der Waals surface area contributed by atoms with E-state index in [4.69, 9.17) is 0 Å². The average Bonchev–Trinajstić information content (AvgIpc) is 2.38. The van der Waals surface area contributed by atoms with Crippen LogP contribution in [0.15, 0.2) is 23.1 Å². The lowest BCUT2D eigenvalue weighted by Crippen LogP contribution is -2.20. The standard InChI is InChI=1S/C14H22N2O3S/c1-10(2)5-8-14(17)16-12-7-6-11(3)13(9-12)20(18,19)15-4/h6-7,9-10,15H,5,8H2,1-4H3,(H,16,17). The van der Waals surface area contributed by atoms with Crippen molar-refractivity contribution in [1.29, 1.82) is 0 Å². The Kier molecular flexibility index (Phi) is 5.71. The Labute approximate surface area is 120 Å². The van der Waals surface area contributed by atoms with Gasteiger partial charge in [0.25, 0.3) is 0 Å². The van der Waals surface area contributed by atoms with Crippen LogP contribution >= 0.6 is 0 Å². The van der Waals surface area contributed by atoms with Crippen LogP contribution in [0, 0.1) is 12.8 Å². The van der Waals surface area contributed by atoms with Crippen LogP contribution in [0.1, 0.15) is 32.3 Å². The van der Waals surface area contributed by atoms with Gasteiger partial charge in [0.05, 0.1) is 4.90 Å². The minimum absolute atomic E-state index is 0.102. The fraction of sp³-hybridized carbons (Fsp3) is 0.500. The fourth-order valence-electron chi connectivity index (χ4n) is 1.72. The molecule has 6 heteroatoms. The van der Waals surface area contributed by atoms with Crippen molar-refractivity contribution in [2.45, 2.75) is 38.5 Å². The van der Waals surface area contributed by atoms with E-state index in [0.29, 0.717) is 23.6 Å². The van der Waals surface area contributed by atoms with Gasteiger partial charge in [-0.15, -0.1) is 0 Å². The van der Waals surface area contributed by atoms with E-state index in [0.717, 1.165) is 6.42 Å². The molecule has 0 aliphatic carbocycles. The van der Waals surface area contributed by atoms with E-state index in [1.807, 2.05) is 0 Å². The van der Waals surface area contributed by atoms with Crippen LogP contribution in [-0.2, 0) is 14.8 Å². The number of carbonyl (C=O) groups is 1. The molecule has 0 aromatic heterocycles. The largest absolute Gasteiger partial charge is 0.326 e. The van der Waals surface area contributed by atoms with Gasteiger partial charge in [0.15, 0.2) is 0 Å². The molecule has 1 aromatic carbocycles. The second kappa shape index (κ2) is 6.85. The molecule has 0 bridgehead atoms.